The maximum Gasteiger partial charge on any atom is -0.0235 e. The highest BCUT2D eigenvalue weighted by atomic mass is 14.7. The van der Waals surface area contributed by atoms with Crippen molar-refractivity contribution in [3.05, 3.63) is 0 Å². The second kappa shape index (κ2) is 8.34. The van der Waals surface area contributed by atoms with Crippen LogP contribution in [0.2, 0.25) is 0 Å². The van der Waals surface area contributed by atoms with Gasteiger partial charge in [-0.1, -0.05) is 87.5 Å². The van der Waals surface area contributed by atoms with E-state index >= 15 is 0 Å². The van der Waals surface area contributed by atoms with Crippen LogP contribution in [-0.4, -0.2) is 0 Å². The van der Waals surface area contributed by atoms with Gasteiger partial charge in [-0.3, -0.25) is 0 Å². The fourth-order valence-corrected chi connectivity index (χ4v) is 10.8. The van der Waals surface area contributed by atoms with Crippen LogP contribution in [0.15, 0.2) is 0 Å². The van der Waals surface area contributed by atoms with E-state index < -0.39 is 0 Å². The Morgan fingerprint density at radius 2 is 1.45 bits per heavy atom. The molecule has 4 rings (SSSR count). The third kappa shape index (κ3) is 3.67. The molecule has 31 heavy (non-hydrogen) atoms. The van der Waals surface area contributed by atoms with Crippen molar-refractivity contribution in [2.24, 2.45) is 57.2 Å². The lowest BCUT2D eigenvalue weighted by atomic mass is 9.35. The topological polar surface area (TPSA) is 0 Å². The molecule has 0 saturated heterocycles. The van der Waals surface area contributed by atoms with Crippen molar-refractivity contribution in [2.75, 3.05) is 0 Å². The first kappa shape index (κ1) is 24.1. The van der Waals surface area contributed by atoms with Crippen molar-refractivity contribution >= 4 is 0 Å². The van der Waals surface area contributed by atoms with E-state index in [4.69, 9.17) is 0 Å². The van der Waals surface area contributed by atoms with Crippen molar-refractivity contribution < 1.29 is 0 Å². The van der Waals surface area contributed by atoms with Crippen LogP contribution in [0.4, 0.5) is 0 Å². The molecule has 0 amide bonds. The Balaban J connectivity index is 1.52. The first-order valence-electron chi connectivity index (χ1n) is 14.5. The minimum absolute atomic E-state index is 0.564. The van der Waals surface area contributed by atoms with Gasteiger partial charge in [-0.15, -0.1) is 0 Å². The van der Waals surface area contributed by atoms with Gasteiger partial charge < -0.3 is 0 Å². The van der Waals surface area contributed by atoms with Gasteiger partial charge in [0.1, 0.15) is 0 Å². The number of hydrogen-bond acceptors (Lipinski definition) is 0. The average molecular weight is 429 g/mol. The molecule has 1 unspecified atom stereocenters. The van der Waals surface area contributed by atoms with E-state index in [2.05, 4.69) is 55.4 Å². The van der Waals surface area contributed by atoms with Gasteiger partial charge in [0.05, 0.1) is 0 Å². The van der Waals surface area contributed by atoms with Gasteiger partial charge in [0.25, 0.3) is 0 Å². The van der Waals surface area contributed by atoms with Crippen molar-refractivity contribution in [1.29, 1.82) is 0 Å². The van der Waals surface area contributed by atoms with Crippen molar-refractivity contribution in [3.63, 3.8) is 0 Å². The Bertz CT molecular complexity index is 632. The van der Waals surface area contributed by atoms with E-state index in [-0.39, 0.29) is 0 Å². The fourth-order valence-electron chi connectivity index (χ4n) is 10.8. The average Bonchev–Trinajstić information content (AvgIpc) is 3.05. The lowest BCUT2D eigenvalue weighted by Gasteiger charge is -2.69. The van der Waals surface area contributed by atoms with Crippen molar-refractivity contribution in [3.8, 4) is 0 Å². The van der Waals surface area contributed by atoms with Gasteiger partial charge in [0, 0.05) is 0 Å². The molecule has 0 aromatic carbocycles. The molecule has 0 radical (unpaired) electrons. The normalized spacial score (nSPS) is 48.4. The quantitative estimate of drug-likeness (QED) is 0.395. The zero-order chi connectivity index (χ0) is 22.7. The van der Waals surface area contributed by atoms with Crippen LogP contribution < -0.4 is 0 Å². The molecule has 4 fully saturated rings. The third-order valence-electron chi connectivity index (χ3n) is 13.0. The molecule has 4 saturated carbocycles. The molecule has 9 atom stereocenters. The van der Waals surface area contributed by atoms with Crippen LogP contribution in [0.5, 0.6) is 0 Å². The van der Waals surface area contributed by atoms with E-state index in [0.29, 0.717) is 21.7 Å². The smallest absolute Gasteiger partial charge is 0.0235 e. The lowest BCUT2D eigenvalue weighted by Crippen LogP contribution is -2.62. The number of hydrogen-bond donors (Lipinski definition) is 0. The standard InChI is InChI=1S/C31H56/c1-9-22(2)12-10-13-23(3)24-16-20-30(7)25(24)14-15-27-29(6)19-11-18-28(4,5)26(29)17-21-31(27,30)8/h22-27H,9-21H2,1-8H3/t22?,23-,24-,25+,26+,27-,29+,30+,31+/m1/s1. The van der Waals surface area contributed by atoms with Gasteiger partial charge >= 0.3 is 0 Å². The molecule has 4 aliphatic carbocycles. The Morgan fingerprint density at radius 3 is 2.16 bits per heavy atom. The summed E-state index contributed by atoms with van der Waals surface area (Å²) in [5, 5.41) is 0. The highest BCUT2D eigenvalue weighted by Crippen LogP contribution is 2.75. The SMILES string of the molecule is CCC(C)CCC[C@@H](C)[C@H]1CC[C@@]2(C)[C@H]1CC[C@@H]1[C@@]3(C)CCCC(C)(C)[C@@H]3CC[C@@]12C. The fraction of sp³-hybridized carbons (Fsp3) is 1.00. The summed E-state index contributed by atoms with van der Waals surface area (Å²) in [7, 11) is 0. The van der Waals surface area contributed by atoms with E-state index in [9.17, 15) is 0 Å². The number of fused-ring (bicyclic) bond motifs is 5. The van der Waals surface area contributed by atoms with Crippen LogP contribution in [-0.2, 0) is 0 Å². The summed E-state index contributed by atoms with van der Waals surface area (Å²) in [5.41, 5.74) is 2.35. The molecule has 4 aliphatic rings. The summed E-state index contributed by atoms with van der Waals surface area (Å²) in [6.07, 6.45) is 19.4. The molecule has 0 N–H and O–H groups in total. The minimum atomic E-state index is 0.564. The van der Waals surface area contributed by atoms with E-state index in [1.807, 2.05) is 0 Å². The molecule has 0 bridgehead atoms. The van der Waals surface area contributed by atoms with Gasteiger partial charge in [-0.05, 0) is 109 Å². The summed E-state index contributed by atoms with van der Waals surface area (Å²) in [6, 6.07) is 0. The predicted octanol–water partition coefficient (Wildman–Crippen LogP) is 9.91. The summed E-state index contributed by atoms with van der Waals surface area (Å²) in [5.74, 6) is 5.81. The highest BCUT2D eigenvalue weighted by Gasteiger charge is 2.67. The Kier molecular flexibility index (Phi) is 6.49. The van der Waals surface area contributed by atoms with Crippen LogP contribution in [0, 0.1) is 57.2 Å². The zero-order valence-electron chi connectivity index (χ0n) is 22.7. The molecule has 0 nitrogen and oxygen atoms in total. The van der Waals surface area contributed by atoms with Crippen LogP contribution in [0.3, 0.4) is 0 Å². The van der Waals surface area contributed by atoms with Crippen LogP contribution in [0.25, 0.3) is 0 Å². The molecule has 0 spiro atoms. The third-order valence-corrected chi connectivity index (χ3v) is 13.0. The van der Waals surface area contributed by atoms with E-state index in [1.165, 1.54) is 77.0 Å². The maximum absolute atomic E-state index is 2.79. The minimum Gasteiger partial charge on any atom is -0.0651 e. The van der Waals surface area contributed by atoms with Crippen molar-refractivity contribution in [2.45, 2.75) is 139 Å². The second-order valence-corrected chi connectivity index (χ2v) is 14.6. The first-order chi connectivity index (χ1) is 14.5. The first-order valence-corrected chi connectivity index (χ1v) is 14.5. The summed E-state index contributed by atoms with van der Waals surface area (Å²) in [4.78, 5) is 0. The summed E-state index contributed by atoms with van der Waals surface area (Å²) in [6.45, 7) is 21.0. The van der Waals surface area contributed by atoms with E-state index in [0.717, 1.165) is 35.5 Å². The molecule has 0 aliphatic heterocycles. The van der Waals surface area contributed by atoms with Crippen molar-refractivity contribution in [1.82, 2.24) is 0 Å². The summed E-state index contributed by atoms with van der Waals surface area (Å²) >= 11 is 0. The van der Waals surface area contributed by atoms with Gasteiger partial charge in [-0.25, -0.2) is 0 Å². The molecule has 0 heterocycles. The zero-order valence-corrected chi connectivity index (χ0v) is 22.7. The molecule has 0 heteroatoms. The Morgan fingerprint density at radius 1 is 0.742 bits per heavy atom. The summed E-state index contributed by atoms with van der Waals surface area (Å²) < 4.78 is 0. The maximum atomic E-state index is 2.79. The largest absolute Gasteiger partial charge is 0.0651 e. The second-order valence-electron chi connectivity index (χ2n) is 14.6. The van der Waals surface area contributed by atoms with E-state index in [1.54, 1.807) is 6.42 Å². The van der Waals surface area contributed by atoms with Gasteiger partial charge in [0.2, 0.25) is 0 Å². The van der Waals surface area contributed by atoms with Crippen LogP contribution in [0.1, 0.15) is 139 Å². The predicted molar refractivity (Wildman–Crippen MR) is 136 cm³/mol. The lowest BCUT2D eigenvalue weighted by molar-refractivity contribution is -0.203. The molecule has 0 aromatic rings. The molecule has 180 valence electrons. The Labute approximate surface area is 196 Å². The molecular formula is C31H56. The highest BCUT2D eigenvalue weighted by molar-refractivity contribution is 5.16. The van der Waals surface area contributed by atoms with Crippen LogP contribution >= 0.6 is 0 Å². The molecule has 0 aromatic heterocycles. The van der Waals surface area contributed by atoms with Gasteiger partial charge in [-0.2, -0.15) is 0 Å². The van der Waals surface area contributed by atoms with Gasteiger partial charge in [0.15, 0.2) is 0 Å². The molecular weight excluding hydrogens is 372 g/mol. The monoisotopic (exact) mass is 428 g/mol. The Hall–Kier alpha value is 0. The number of rotatable bonds is 6.